The normalized spacial score (nSPS) is 10.4. The third kappa shape index (κ3) is 4.43. The number of hydrogen-bond acceptors (Lipinski definition) is 2. The van der Waals surface area contributed by atoms with E-state index in [2.05, 4.69) is 12.1 Å². The highest BCUT2D eigenvalue weighted by molar-refractivity contribution is 5.92. The van der Waals surface area contributed by atoms with Crippen molar-refractivity contribution in [1.82, 2.24) is 0 Å². The largest absolute Gasteiger partial charge is 0.326 e. The highest BCUT2D eigenvalue weighted by Crippen LogP contribution is 2.15. The number of aryl methyl sites for hydroxylation is 1. The molecule has 110 valence electrons. The summed E-state index contributed by atoms with van der Waals surface area (Å²) in [6.07, 6.45) is 2.37. The number of hydrogen-bond donors (Lipinski definition) is 1. The van der Waals surface area contributed by atoms with Crippen LogP contribution in [0.25, 0.3) is 0 Å². The molecule has 0 aliphatic carbocycles. The lowest BCUT2D eigenvalue weighted by Gasteiger charge is -2.17. The number of carbonyl (C=O) groups is 1. The summed E-state index contributed by atoms with van der Waals surface area (Å²) in [5.74, 6) is 0.145. The van der Waals surface area contributed by atoms with Gasteiger partial charge in [-0.25, -0.2) is 0 Å². The van der Waals surface area contributed by atoms with Gasteiger partial charge >= 0.3 is 0 Å². The van der Waals surface area contributed by atoms with Gasteiger partial charge in [-0.05, 0) is 36.1 Å². The number of amides is 1. The van der Waals surface area contributed by atoms with Crippen LogP contribution in [0.15, 0.2) is 54.6 Å². The van der Waals surface area contributed by atoms with Gasteiger partial charge in [-0.2, -0.15) is 0 Å². The van der Waals surface area contributed by atoms with Crippen LogP contribution in [-0.2, 0) is 17.8 Å². The molecule has 2 aromatic carbocycles. The van der Waals surface area contributed by atoms with Crippen molar-refractivity contribution in [2.75, 3.05) is 11.9 Å². The van der Waals surface area contributed by atoms with Crippen molar-refractivity contribution >= 4 is 11.6 Å². The summed E-state index contributed by atoms with van der Waals surface area (Å²) < 4.78 is 0. The van der Waals surface area contributed by atoms with E-state index in [-0.39, 0.29) is 5.91 Å². The second-order valence-electron chi connectivity index (χ2n) is 5.16. The zero-order valence-electron chi connectivity index (χ0n) is 12.5. The van der Waals surface area contributed by atoms with Crippen LogP contribution in [0.5, 0.6) is 0 Å². The molecule has 0 aliphatic rings. The second-order valence-corrected chi connectivity index (χ2v) is 5.16. The summed E-state index contributed by atoms with van der Waals surface area (Å²) >= 11 is 0. The van der Waals surface area contributed by atoms with E-state index in [0.29, 0.717) is 13.0 Å². The molecule has 0 unspecified atom stereocenters. The number of nitrogens with two attached hydrogens (primary N) is 1. The minimum atomic E-state index is 0.145. The Kier molecular flexibility index (Phi) is 5.52. The summed E-state index contributed by atoms with van der Waals surface area (Å²) in [5, 5.41) is 0. The Morgan fingerprint density at radius 2 is 1.67 bits per heavy atom. The monoisotopic (exact) mass is 282 g/mol. The lowest BCUT2D eigenvalue weighted by atomic mass is 10.1. The standard InChI is InChI=1S/C18H22N2O/c1-20(17-12-10-16(14-19)11-13-17)18(21)9-5-8-15-6-3-2-4-7-15/h2-4,6-7,10-13H,5,8-9,14,19H2,1H3. The summed E-state index contributed by atoms with van der Waals surface area (Å²) in [6.45, 7) is 0.523. The Morgan fingerprint density at radius 1 is 1.00 bits per heavy atom. The third-order valence-electron chi connectivity index (χ3n) is 3.63. The molecular formula is C18H22N2O. The van der Waals surface area contributed by atoms with Gasteiger partial charge in [0.1, 0.15) is 0 Å². The number of anilines is 1. The molecular weight excluding hydrogens is 260 g/mol. The topological polar surface area (TPSA) is 46.3 Å². The SMILES string of the molecule is CN(C(=O)CCCc1ccccc1)c1ccc(CN)cc1. The van der Waals surface area contributed by atoms with Gasteiger partial charge in [-0.1, -0.05) is 42.5 Å². The Labute approximate surface area is 126 Å². The van der Waals surface area contributed by atoms with Crippen molar-refractivity contribution in [3.05, 3.63) is 65.7 Å². The van der Waals surface area contributed by atoms with Crippen molar-refractivity contribution in [2.24, 2.45) is 5.73 Å². The van der Waals surface area contributed by atoms with E-state index >= 15 is 0 Å². The molecule has 3 heteroatoms. The first kappa shape index (κ1) is 15.3. The van der Waals surface area contributed by atoms with E-state index in [1.807, 2.05) is 49.5 Å². The first-order valence-electron chi connectivity index (χ1n) is 7.30. The van der Waals surface area contributed by atoms with E-state index < -0.39 is 0 Å². The quantitative estimate of drug-likeness (QED) is 0.884. The third-order valence-corrected chi connectivity index (χ3v) is 3.63. The molecule has 0 saturated carbocycles. The van der Waals surface area contributed by atoms with Gasteiger partial charge in [0, 0.05) is 25.7 Å². The molecule has 2 aromatic rings. The van der Waals surface area contributed by atoms with Crippen molar-refractivity contribution in [1.29, 1.82) is 0 Å². The molecule has 0 bridgehead atoms. The predicted molar refractivity (Wildman–Crippen MR) is 87.1 cm³/mol. The van der Waals surface area contributed by atoms with Gasteiger partial charge in [0.2, 0.25) is 5.91 Å². The fourth-order valence-corrected chi connectivity index (χ4v) is 2.26. The van der Waals surface area contributed by atoms with Gasteiger partial charge in [-0.15, -0.1) is 0 Å². The van der Waals surface area contributed by atoms with Crippen LogP contribution in [0.2, 0.25) is 0 Å². The molecule has 0 heterocycles. The molecule has 0 fully saturated rings. The molecule has 2 rings (SSSR count). The molecule has 0 spiro atoms. The maximum absolute atomic E-state index is 12.2. The minimum Gasteiger partial charge on any atom is -0.326 e. The van der Waals surface area contributed by atoms with Gasteiger partial charge in [-0.3, -0.25) is 4.79 Å². The van der Waals surface area contributed by atoms with Crippen LogP contribution in [0.4, 0.5) is 5.69 Å². The van der Waals surface area contributed by atoms with Gasteiger partial charge in [0.15, 0.2) is 0 Å². The molecule has 1 amide bonds. The fourth-order valence-electron chi connectivity index (χ4n) is 2.26. The van der Waals surface area contributed by atoms with Gasteiger partial charge in [0.25, 0.3) is 0 Å². The maximum Gasteiger partial charge on any atom is 0.226 e. The summed E-state index contributed by atoms with van der Waals surface area (Å²) in [6, 6.07) is 18.1. The van der Waals surface area contributed by atoms with Crippen LogP contribution in [0, 0.1) is 0 Å². The lowest BCUT2D eigenvalue weighted by Crippen LogP contribution is -2.25. The summed E-state index contributed by atoms with van der Waals surface area (Å²) in [7, 11) is 1.82. The van der Waals surface area contributed by atoms with E-state index in [0.717, 1.165) is 24.1 Å². The van der Waals surface area contributed by atoms with Gasteiger partial charge < -0.3 is 10.6 Å². The van der Waals surface area contributed by atoms with Crippen molar-refractivity contribution in [3.63, 3.8) is 0 Å². The molecule has 0 aromatic heterocycles. The maximum atomic E-state index is 12.2. The minimum absolute atomic E-state index is 0.145. The predicted octanol–water partition coefficient (Wildman–Crippen LogP) is 3.13. The zero-order chi connectivity index (χ0) is 15.1. The Hall–Kier alpha value is -2.13. The number of nitrogens with zero attached hydrogens (tertiary/aromatic N) is 1. The van der Waals surface area contributed by atoms with Crippen LogP contribution in [0.1, 0.15) is 24.0 Å². The molecule has 21 heavy (non-hydrogen) atoms. The molecule has 0 radical (unpaired) electrons. The molecule has 3 nitrogen and oxygen atoms in total. The van der Waals surface area contributed by atoms with Gasteiger partial charge in [0.05, 0.1) is 0 Å². The first-order chi connectivity index (χ1) is 10.2. The van der Waals surface area contributed by atoms with Crippen LogP contribution in [-0.4, -0.2) is 13.0 Å². The molecule has 2 N–H and O–H groups in total. The highest BCUT2D eigenvalue weighted by atomic mass is 16.2. The molecule has 0 atom stereocenters. The van der Waals surface area contributed by atoms with Crippen molar-refractivity contribution < 1.29 is 4.79 Å². The summed E-state index contributed by atoms with van der Waals surface area (Å²) in [4.78, 5) is 13.9. The van der Waals surface area contributed by atoms with E-state index in [1.165, 1.54) is 5.56 Å². The van der Waals surface area contributed by atoms with Crippen LogP contribution >= 0.6 is 0 Å². The summed E-state index contributed by atoms with van der Waals surface area (Å²) in [5.41, 5.74) is 8.84. The fraction of sp³-hybridized carbons (Fsp3) is 0.278. The average molecular weight is 282 g/mol. The Balaban J connectivity index is 1.84. The smallest absolute Gasteiger partial charge is 0.226 e. The number of rotatable bonds is 6. The van der Waals surface area contributed by atoms with Crippen molar-refractivity contribution in [3.8, 4) is 0 Å². The van der Waals surface area contributed by atoms with Crippen molar-refractivity contribution in [2.45, 2.75) is 25.8 Å². The van der Waals surface area contributed by atoms with Crippen LogP contribution < -0.4 is 10.6 Å². The number of carbonyl (C=O) groups excluding carboxylic acids is 1. The second kappa shape index (κ2) is 7.60. The van der Waals surface area contributed by atoms with E-state index in [4.69, 9.17) is 5.73 Å². The number of benzene rings is 2. The zero-order valence-corrected chi connectivity index (χ0v) is 12.5. The van der Waals surface area contributed by atoms with E-state index in [1.54, 1.807) is 4.90 Å². The Morgan fingerprint density at radius 3 is 2.29 bits per heavy atom. The first-order valence-corrected chi connectivity index (χ1v) is 7.30. The van der Waals surface area contributed by atoms with E-state index in [9.17, 15) is 4.79 Å². The Bertz CT molecular complexity index is 564. The molecule has 0 saturated heterocycles. The lowest BCUT2D eigenvalue weighted by molar-refractivity contribution is -0.118. The molecule has 0 aliphatic heterocycles. The highest BCUT2D eigenvalue weighted by Gasteiger charge is 2.10. The van der Waals surface area contributed by atoms with Crippen LogP contribution in [0.3, 0.4) is 0 Å². The average Bonchev–Trinajstić information content (AvgIpc) is 2.55.